The lowest BCUT2D eigenvalue weighted by Crippen LogP contribution is -2.33. The van der Waals surface area contributed by atoms with E-state index in [9.17, 15) is 0 Å². The van der Waals surface area contributed by atoms with Gasteiger partial charge in [0.2, 0.25) is 0 Å². The van der Waals surface area contributed by atoms with E-state index in [1.54, 1.807) is 6.07 Å². The number of thioether (sulfide) groups is 1. The molecule has 0 radical (unpaired) electrons. The van der Waals surface area contributed by atoms with Crippen LogP contribution in [0.15, 0.2) is 18.2 Å². The Kier molecular flexibility index (Phi) is 3.83. The molecule has 1 aromatic rings. The van der Waals surface area contributed by atoms with E-state index in [0.29, 0.717) is 16.4 Å². The smallest absolute Gasteiger partial charge is 0.0805 e. The largest absolute Gasteiger partial charge is 0.299 e. The molecule has 4 heteroatoms. The Morgan fingerprint density at radius 1 is 1.40 bits per heavy atom. The summed E-state index contributed by atoms with van der Waals surface area (Å²) in [6.45, 7) is 2.20. The molecule has 1 nitrogen and oxygen atoms in total. The SMILES string of the molecule is CC1CCSC(c2ccc(Cl)cc2Cl)N1. The van der Waals surface area contributed by atoms with E-state index in [1.165, 1.54) is 12.2 Å². The molecule has 2 atom stereocenters. The lowest BCUT2D eigenvalue weighted by Gasteiger charge is -2.29. The monoisotopic (exact) mass is 261 g/mol. The lowest BCUT2D eigenvalue weighted by molar-refractivity contribution is 0.512. The molecule has 82 valence electrons. The van der Waals surface area contributed by atoms with Crippen LogP contribution in [0, 0.1) is 0 Å². The standard InChI is InChI=1S/C11H13Cl2NS/c1-7-4-5-15-11(14-7)9-3-2-8(12)6-10(9)13/h2-3,6-7,11,14H,4-5H2,1H3. The van der Waals surface area contributed by atoms with Gasteiger partial charge in [0.15, 0.2) is 0 Å². The molecule has 0 aliphatic carbocycles. The van der Waals surface area contributed by atoms with Crippen molar-refractivity contribution < 1.29 is 0 Å². The van der Waals surface area contributed by atoms with Gasteiger partial charge in [0, 0.05) is 16.1 Å². The molecule has 1 fully saturated rings. The van der Waals surface area contributed by atoms with Gasteiger partial charge < -0.3 is 0 Å². The van der Waals surface area contributed by atoms with Gasteiger partial charge in [-0.3, -0.25) is 5.32 Å². The summed E-state index contributed by atoms with van der Waals surface area (Å²) in [7, 11) is 0. The zero-order valence-corrected chi connectivity index (χ0v) is 10.8. The van der Waals surface area contributed by atoms with Gasteiger partial charge in [-0.15, -0.1) is 11.8 Å². The number of nitrogens with one attached hydrogen (secondary N) is 1. The van der Waals surface area contributed by atoms with Gasteiger partial charge in [0.25, 0.3) is 0 Å². The average Bonchev–Trinajstić information content (AvgIpc) is 2.17. The first kappa shape index (κ1) is 11.6. The third kappa shape index (κ3) is 2.82. The summed E-state index contributed by atoms with van der Waals surface area (Å²) in [6.07, 6.45) is 1.21. The van der Waals surface area contributed by atoms with Crippen LogP contribution < -0.4 is 5.32 Å². The van der Waals surface area contributed by atoms with Crippen LogP contribution in [0.3, 0.4) is 0 Å². The van der Waals surface area contributed by atoms with Crippen LogP contribution in [0.5, 0.6) is 0 Å². The van der Waals surface area contributed by atoms with E-state index < -0.39 is 0 Å². The Balaban J connectivity index is 2.21. The summed E-state index contributed by atoms with van der Waals surface area (Å²) < 4.78 is 0. The molecular weight excluding hydrogens is 249 g/mol. The molecule has 0 spiro atoms. The summed E-state index contributed by atoms with van der Waals surface area (Å²) >= 11 is 13.9. The molecule has 0 saturated carbocycles. The third-order valence-electron chi connectivity index (χ3n) is 2.52. The Bertz CT molecular complexity index is 356. The van der Waals surface area contributed by atoms with E-state index in [2.05, 4.69) is 12.2 Å². The molecule has 1 N–H and O–H groups in total. The van der Waals surface area contributed by atoms with Crippen molar-refractivity contribution in [3.8, 4) is 0 Å². The molecule has 2 rings (SSSR count). The Morgan fingerprint density at radius 3 is 2.87 bits per heavy atom. The van der Waals surface area contributed by atoms with Crippen molar-refractivity contribution in [1.29, 1.82) is 0 Å². The number of rotatable bonds is 1. The predicted molar refractivity (Wildman–Crippen MR) is 68.9 cm³/mol. The highest BCUT2D eigenvalue weighted by atomic mass is 35.5. The van der Waals surface area contributed by atoms with Crippen molar-refractivity contribution in [3.63, 3.8) is 0 Å². The minimum Gasteiger partial charge on any atom is -0.299 e. The van der Waals surface area contributed by atoms with E-state index in [0.717, 1.165) is 10.6 Å². The number of halogens is 2. The maximum atomic E-state index is 6.17. The second-order valence-corrected chi connectivity index (χ2v) is 5.83. The zero-order valence-electron chi connectivity index (χ0n) is 8.47. The van der Waals surface area contributed by atoms with Crippen molar-refractivity contribution >= 4 is 35.0 Å². The lowest BCUT2D eigenvalue weighted by atomic mass is 10.2. The predicted octanol–water partition coefficient (Wildman–Crippen LogP) is 4.11. The third-order valence-corrected chi connectivity index (χ3v) is 4.27. The highest BCUT2D eigenvalue weighted by molar-refractivity contribution is 7.99. The van der Waals surface area contributed by atoms with Crippen LogP contribution in [0.25, 0.3) is 0 Å². The number of benzene rings is 1. The maximum absolute atomic E-state index is 6.17. The molecule has 1 aromatic carbocycles. The molecule has 1 aliphatic rings. The second kappa shape index (κ2) is 4.96. The highest BCUT2D eigenvalue weighted by Gasteiger charge is 2.21. The van der Waals surface area contributed by atoms with E-state index in [4.69, 9.17) is 23.2 Å². The molecule has 2 unspecified atom stereocenters. The van der Waals surface area contributed by atoms with Crippen molar-refractivity contribution in [2.45, 2.75) is 24.8 Å². The molecule has 0 amide bonds. The van der Waals surface area contributed by atoms with Crippen molar-refractivity contribution in [1.82, 2.24) is 5.32 Å². The minimum atomic E-state index is 0.304. The average molecular weight is 262 g/mol. The van der Waals surface area contributed by atoms with Gasteiger partial charge in [-0.2, -0.15) is 0 Å². The summed E-state index contributed by atoms with van der Waals surface area (Å²) in [5.41, 5.74) is 1.14. The van der Waals surface area contributed by atoms with E-state index in [-0.39, 0.29) is 0 Å². The van der Waals surface area contributed by atoms with E-state index in [1.807, 2.05) is 23.9 Å². The molecule has 1 aliphatic heterocycles. The first-order valence-electron chi connectivity index (χ1n) is 4.99. The minimum absolute atomic E-state index is 0.304. The molecule has 1 heterocycles. The fraction of sp³-hybridized carbons (Fsp3) is 0.455. The fourth-order valence-corrected chi connectivity index (χ4v) is 3.67. The first-order chi connectivity index (χ1) is 7.16. The fourth-order valence-electron chi connectivity index (χ4n) is 1.65. The van der Waals surface area contributed by atoms with Gasteiger partial charge >= 0.3 is 0 Å². The quantitative estimate of drug-likeness (QED) is 0.817. The maximum Gasteiger partial charge on any atom is 0.0805 e. The van der Waals surface area contributed by atoms with Crippen LogP contribution in [0.1, 0.15) is 24.3 Å². The topological polar surface area (TPSA) is 12.0 Å². The van der Waals surface area contributed by atoms with Crippen molar-refractivity contribution in [2.24, 2.45) is 0 Å². The summed E-state index contributed by atoms with van der Waals surface area (Å²) in [5.74, 6) is 1.18. The van der Waals surface area contributed by atoms with Crippen molar-refractivity contribution in [2.75, 3.05) is 5.75 Å². The van der Waals surface area contributed by atoms with Gasteiger partial charge in [-0.1, -0.05) is 29.3 Å². The Hall–Kier alpha value is 0.110. The molecular formula is C11H13Cl2NS. The van der Waals surface area contributed by atoms with Crippen LogP contribution >= 0.6 is 35.0 Å². The van der Waals surface area contributed by atoms with E-state index >= 15 is 0 Å². The van der Waals surface area contributed by atoms with Gasteiger partial charge in [-0.25, -0.2) is 0 Å². The van der Waals surface area contributed by atoms with Gasteiger partial charge in [0.05, 0.1) is 5.37 Å². The molecule has 1 saturated heterocycles. The van der Waals surface area contributed by atoms with Gasteiger partial charge in [-0.05, 0) is 36.8 Å². The summed E-state index contributed by atoms with van der Waals surface area (Å²) in [4.78, 5) is 0. The van der Waals surface area contributed by atoms with Crippen LogP contribution in [-0.2, 0) is 0 Å². The van der Waals surface area contributed by atoms with Crippen LogP contribution in [0.4, 0.5) is 0 Å². The number of hydrogen-bond acceptors (Lipinski definition) is 2. The summed E-state index contributed by atoms with van der Waals surface area (Å²) in [5, 5.41) is 5.28. The normalized spacial score (nSPS) is 26.6. The first-order valence-corrected chi connectivity index (χ1v) is 6.80. The van der Waals surface area contributed by atoms with Gasteiger partial charge in [0.1, 0.15) is 0 Å². The zero-order chi connectivity index (χ0) is 10.8. The highest BCUT2D eigenvalue weighted by Crippen LogP contribution is 2.36. The van der Waals surface area contributed by atoms with Crippen LogP contribution in [-0.4, -0.2) is 11.8 Å². The molecule has 0 bridgehead atoms. The Morgan fingerprint density at radius 2 is 2.20 bits per heavy atom. The Labute approximate surface area is 105 Å². The number of hydrogen-bond donors (Lipinski definition) is 1. The molecule has 0 aromatic heterocycles. The second-order valence-electron chi connectivity index (χ2n) is 3.77. The van der Waals surface area contributed by atoms with Crippen molar-refractivity contribution in [3.05, 3.63) is 33.8 Å². The summed E-state index contributed by atoms with van der Waals surface area (Å²) in [6, 6.07) is 6.26. The molecule has 15 heavy (non-hydrogen) atoms. The van der Waals surface area contributed by atoms with Crippen LogP contribution in [0.2, 0.25) is 10.0 Å².